The third-order valence-electron chi connectivity index (χ3n) is 2.91. The van der Waals surface area contributed by atoms with E-state index in [2.05, 4.69) is 33.9 Å². The monoisotopic (exact) mass is 216 g/mol. The maximum absolute atomic E-state index is 5.94. The number of hydrogen-bond donors (Lipinski definition) is 0. The molecular weight excluding hydrogens is 196 g/mol. The molecule has 1 rings (SSSR count). The number of hydrogen-bond acceptors (Lipinski definition) is 3. The lowest BCUT2D eigenvalue weighted by Crippen LogP contribution is -2.41. The van der Waals surface area contributed by atoms with Crippen LogP contribution in [0.25, 0.3) is 0 Å². The van der Waals surface area contributed by atoms with Crippen LogP contribution >= 0.6 is 0 Å². The molecule has 0 amide bonds. The molecule has 3 nitrogen and oxygen atoms in total. The van der Waals surface area contributed by atoms with Crippen LogP contribution in [0.5, 0.6) is 0 Å². The van der Waals surface area contributed by atoms with Crippen LogP contribution in [0.4, 0.5) is 0 Å². The quantitative estimate of drug-likeness (QED) is 0.679. The first-order chi connectivity index (χ1) is 6.33. The summed E-state index contributed by atoms with van der Waals surface area (Å²) >= 11 is 0. The largest absolute Gasteiger partial charge is 0.462 e. The fourth-order valence-electron chi connectivity index (χ4n) is 0.814. The lowest BCUT2D eigenvalue weighted by Gasteiger charge is -2.35. The van der Waals surface area contributed by atoms with E-state index in [1.807, 2.05) is 0 Å². The Morgan fingerprint density at radius 1 is 1.43 bits per heavy atom. The topological polar surface area (TPSA) is 27.7 Å². The van der Waals surface area contributed by atoms with E-state index < -0.39 is 8.32 Å². The van der Waals surface area contributed by atoms with Crippen LogP contribution < -0.4 is 0 Å². The summed E-state index contributed by atoms with van der Waals surface area (Å²) in [6.07, 6.45) is 1.63. The third-order valence-corrected chi connectivity index (χ3v) is 7.39. The standard InChI is InChI=1S/C10H20O3Si/c1-10(2,3)14(4,5)13-7-9-6-11-8-12-9/h6H,7-8H2,1-5H3. The highest BCUT2D eigenvalue weighted by Gasteiger charge is 2.37. The van der Waals surface area contributed by atoms with Crippen LogP contribution in [0.2, 0.25) is 18.1 Å². The molecule has 0 saturated heterocycles. The van der Waals surface area contributed by atoms with E-state index in [9.17, 15) is 0 Å². The van der Waals surface area contributed by atoms with Gasteiger partial charge in [-0.05, 0) is 18.1 Å². The van der Waals surface area contributed by atoms with E-state index in [1.54, 1.807) is 6.26 Å². The average Bonchev–Trinajstić information content (AvgIpc) is 2.50. The Kier molecular flexibility index (Phi) is 3.27. The van der Waals surface area contributed by atoms with E-state index in [-0.39, 0.29) is 5.04 Å². The van der Waals surface area contributed by atoms with Gasteiger partial charge in [0.15, 0.2) is 14.1 Å². The molecule has 4 heteroatoms. The SMILES string of the molecule is CC(C)(C)[Si](C)(C)OCC1=COCO1. The molecule has 0 fully saturated rings. The van der Waals surface area contributed by atoms with Crippen molar-refractivity contribution in [1.29, 1.82) is 0 Å². The first-order valence-corrected chi connectivity index (χ1v) is 7.81. The maximum Gasteiger partial charge on any atom is 0.229 e. The van der Waals surface area contributed by atoms with Crippen LogP contribution in [0.3, 0.4) is 0 Å². The summed E-state index contributed by atoms with van der Waals surface area (Å²) in [5.74, 6) is 0.801. The highest BCUT2D eigenvalue weighted by Crippen LogP contribution is 2.36. The molecule has 0 unspecified atom stereocenters. The van der Waals surface area contributed by atoms with Crippen molar-refractivity contribution in [2.24, 2.45) is 0 Å². The molecule has 0 spiro atoms. The van der Waals surface area contributed by atoms with Gasteiger partial charge in [-0.3, -0.25) is 0 Å². The zero-order chi connectivity index (χ0) is 10.8. The second kappa shape index (κ2) is 3.94. The Balaban J connectivity index is 2.43. The molecular formula is C10H20O3Si. The van der Waals surface area contributed by atoms with Crippen LogP contribution in [-0.2, 0) is 13.9 Å². The first-order valence-electron chi connectivity index (χ1n) is 4.90. The Bertz CT molecular complexity index is 228. The van der Waals surface area contributed by atoms with Gasteiger partial charge in [0.2, 0.25) is 6.79 Å². The highest BCUT2D eigenvalue weighted by molar-refractivity contribution is 6.74. The van der Waals surface area contributed by atoms with Gasteiger partial charge >= 0.3 is 0 Å². The van der Waals surface area contributed by atoms with Crippen molar-refractivity contribution in [1.82, 2.24) is 0 Å². The predicted octanol–water partition coefficient (Wildman–Crippen LogP) is 2.85. The Morgan fingerprint density at radius 2 is 2.07 bits per heavy atom. The molecule has 0 bridgehead atoms. The van der Waals surface area contributed by atoms with Crippen molar-refractivity contribution in [3.05, 3.63) is 12.0 Å². The molecule has 14 heavy (non-hydrogen) atoms. The predicted molar refractivity (Wildman–Crippen MR) is 58.3 cm³/mol. The van der Waals surface area contributed by atoms with E-state index in [0.29, 0.717) is 13.4 Å². The normalized spacial score (nSPS) is 17.4. The lowest BCUT2D eigenvalue weighted by molar-refractivity contribution is 0.0702. The Morgan fingerprint density at radius 3 is 2.50 bits per heavy atom. The zero-order valence-corrected chi connectivity index (χ0v) is 10.7. The molecule has 0 N–H and O–H groups in total. The van der Waals surface area contributed by atoms with Gasteiger partial charge in [-0.2, -0.15) is 0 Å². The summed E-state index contributed by atoms with van der Waals surface area (Å²) in [5, 5.41) is 0.243. The number of rotatable bonds is 3. The minimum Gasteiger partial charge on any atom is -0.462 e. The van der Waals surface area contributed by atoms with Crippen molar-refractivity contribution >= 4 is 8.32 Å². The molecule has 0 saturated carbocycles. The molecule has 0 aromatic rings. The lowest BCUT2D eigenvalue weighted by atomic mass is 10.2. The van der Waals surface area contributed by atoms with Crippen LogP contribution in [-0.4, -0.2) is 21.7 Å². The minimum absolute atomic E-state index is 0.243. The summed E-state index contributed by atoms with van der Waals surface area (Å²) < 4.78 is 16.1. The first kappa shape index (κ1) is 11.6. The van der Waals surface area contributed by atoms with Crippen molar-refractivity contribution < 1.29 is 13.9 Å². The van der Waals surface area contributed by atoms with Gasteiger partial charge in [-0.15, -0.1) is 0 Å². The molecule has 0 aromatic heterocycles. The molecule has 1 heterocycles. The van der Waals surface area contributed by atoms with Crippen molar-refractivity contribution in [2.45, 2.75) is 38.9 Å². The minimum atomic E-state index is -1.65. The Hall–Kier alpha value is -0.483. The van der Waals surface area contributed by atoms with E-state index in [0.717, 1.165) is 5.76 Å². The second-order valence-corrected chi connectivity index (χ2v) is 9.87. The van der Waals surface area contributed by atoms with Gasteiger partial charge in [0, 0.05) is 0 Å². The smallest absolute Gasteiger partial charge is 0.229 e. The van der Waals surface area contributed by atoms with Crippen LogP contribution in [0.15, 0.2) is 12.0 Å². The maximum atomic E-state index is 5.94. The number of ether oxygens (including phenoxy) is 2. The van der Waals surface area contributed by atoms with Crippen molar-refractivity contribution in [3.63, 3.8) is 0 Å². The highest BCUT2D eigenvalue weighted by atomic mass is 28.4. The third kappa shape index (κ3) is 2.75. The van der Waals surface area contributed by atoms with Crippen LogP contribution in [0, 0.1) is 0 Å². The summed E-state index contributed by atoms with van der Waals surface area (Å²) in [4.78, 5) is 0. The Labute approximate surface area is 87.2 Å². The van der Waals surface area contributed by atoms with Gasteiger partial charge in [0.05, 0.1) is 6.61 Å². The zero-order valence-electron chi connectivity index (χ0n) is 9.72. The summed E-state index contributed by atoms with van der Waals surface area (Å²) in [5.41, 5.74) is 0. The molecule has 0 aromatic carbocycles. The molecule has 0 atom stereocenters. The van der Waals surface area contributed by atoms with Crippen molar-refractivity contribution in [2.75, 3.05) is 13.4 Å². The molecule has 0 aliphatic carbocycles. The summed E-state index contributed by atoms with van der Waals surface area (Å²) in [6.45, 7) is 12.0. The van der Waals surface area contributed by atoms with E-state index in [4.69, 9.17) is 13.9 Å². The summed E-state index contributed by atoms with van der Waals surface area (Å²) in [6, 6.07) is 0. The van der Waals surface area contributed by atoms with Gasteiger partial charge in [0.25, 0.3) is 0 Å². The van der Waals surface area contributed by atoms with E-state index in [1.165, 1.54) is 0 Å². The van der Waals surface area contributed by atoms with Crippen LogP contribution in [0.1, 0.15) is 20.8 Å². The fraction of sp³-hybridized carbons (Fsp3) is 0.800. The molecule has 82 valence electrons. The molecule has 1 aliphatic rings. The molecule has 1 aliphatic heterocycles. The van der Waals surface area contributed by atoms with Crippen molar-refractivity contribution in [3.8, 4) is 0 Å². The summed E-state index contributed by atoms with van der Waals surface area (Å²) in [7, 11) is -1.65. The average molecular weight is 216 g/mol. The van der Waals surface area contributed by atoms with Gasteiger partial charge < -0.3 is 13.9 Å². The van der Waals surface area contributed by atoms with Gasteiger partial charge in [0.1, 0.15) is 6.26 Å². The second-order valence-electron chi connectivity index (χ2n) is 5.06. The fourth-order valence-corrected chi connectivity index (χ4v) is 1.75. The van der Waals surface area contributed by atoms with E-state index >= 15 is 0 Å². The van der Waals surface area contributed by atoms with Gasteiger partial charge in [-0.1, -0.05) is 20.8 Å². The molecule has 0 radical (unpaired) electrons. The van der Waals surface area contributed by atoms with Gasteiger partial charge in [-0.25, -0.2) is 0 Å².